The van der Waals surface area contributed by atoms with Crippen molar-refractivity contribution in [3.8, 4) is 0 Å². The van der Waals surface area contributed by atoms with E-state index in [4.69, 9.17) is 0 Å². The summed E-state index contributed by atoms with van der Waals surface area (Å²) in [5.74, 6) is 1.09. The lowest BCUT2D eigenvalue weighted by Gasteiger charge is -2.33. The first-order valence-corrected chi connectivity index (χ1v) is 7.14. The van der Waals surface area contributed by atoms with Gasteiger partial charge in [-0.1, -0.05) is 13.0 Å². The highest BCUT2D eigenvalue weighted by Crippen LogP contribution is 2.14. The van der Waals surface area contributed by atoms with Crippen molar-refractivity contribution in [1.82, 2.24) is 19.8 Å². The topological polar surface area (TPSA) is 35.2 Å². The Morgan fingerprint density at radius 3 is 2.63 bits per heavy atom. The quantitative estimate of drug-likeness (QED) is 0.914. The molecule has 0 aliphatic carbocycles. The van der Waals surface area contributed by atoms with Crippen LogP contribution in [0.15, 0.2) is 18.2 Å². The molecular weight excluding hydrogens is 236 g/mol. The maximum absolute atomic E-state index is 4.68. The number of H-pyrrole nitrogens is 1. The highest BCUT2D eigenvalue weighted by molar-refractivity contribution is 5.75. The standard InChI is InChI=1S/C15H22N4/c1-3-18-6-8-19(9-7-18)11-15-16-13-5-4-12(2)10-14(13)17-15/h4-5,10H,3,6-9,11H2,1-2H3,(H,16,17). The summed E-state index contributed by atoms with van der Waals surface area (Å²) in [7, 11) is 0. The lowest BCUT2D eigenvalue weighted by atomic mass is 10.2. The smallest absolute Gasteiger partial charge is 0.121 e. The lowest BCUT2D eigenvalue weighted by molar-refractivity contribution is 0.130. The number of nitrogens with zero attached hydrogens (tertiary/aromatic N) is 3. The molecular formula is C15H22N4. The van der Waals surface area contributed by atoms with Crippen molar-refractivity contribution < 1.29 is 0 Å². The van der Waals surface area contributed by atoms with Crippen molar-refractivity contribution in [1.29, 1.82) is 0 Å². The molecule has 1 saturated heterocycles. The Morgan fingerprint density at radius 2 is 1.89 bits per heavy atom. The molecule has 1 aliphatic heterocycles. The molecule has 1 N–H and O–H groups in total. The van der Waals surface area contributed by atoms with Gasteiger partial charge in [0.1, 0.15) is 5.82 Å². The minimum Gasteiger partial charge on any atom is -0.341 e. The van der Waals surface area contributed by atoms with Crippen LogP contribution in [-0.2, 0) is 6.54 Å². The van der Waals surface area contributed by atoms with Gasteiger partial charge in [-0.2, -0.15) is 0 Å². The molecule has 4 nitrogen and oxygen atoms in total. The zero-order valence-electron chi connectivity index (χ0n) is 11.8. The van der Waals surface area contributed by atoms with E-state index in [1.54, 1.807) is 0 Å². The van der Waals surface area contributed by atoms with Crippen LogP contribution < -0.4 is 0 Å². The van der Waals surface area contributed by atoms with Crippen molar-refractivity contribution in [2.24, 2.45) is 0 Å². The largest absolute Gasteiger partial charge is 0.341 e. The minimum atomic E-state index is 0.936. The summed E-state index contributed by atoms with van der Waals surface area (Å²) >= 11 is 0. The number of fused-ring (bicyclic) bond motifs is 1. The average molecular weight is 258 g/mol. The SMILES string of the molecule is CCN1CCN(Cc2nc3ccc(C)cc3[nH]2)CC1. The van der Waals surface area contributed by atoms with Crippen LogP contribution >= 0.6 is 0 Å². The molecule has 0 spiro atoms. The van der Waals surface area contributed by atoms with E-state index < -0.39 is 0 Å². The summed E-state index contributed by atoms with van der Waals surface area (Å²) in [5.41, 5.74) is 3.51. The third-order valence-corrected chi connectivity index (χ3v) is 3.97. The molecule has 2 aromatic rings. The number of aromatic nitrogens is 2. The molecule has 0 saturated carbocycles. The van der Waals surface area contributed by atoms with Crippen molar-refractivity contribution in [3.05, 3.63) is 29.6 Å². The van der Waals surface area contributed by atoms with Crippen LogP contribution in [0.1, 0.15) is 18.3 Å². The third kappa shape index (κ3) is 2.80. The van der Waals surface area contributed by atoms with Crippen molar-refractivity contribution in [2.45, 2.75) is 20.4 Å². The molecule has 19 heavy (non-hydrogen) atoms. The number of aryl methyl sites for hydroxylation is 1. The van der Waals surface area contributed by atoms with Gasteiger partial charge in [0.15, 0.2) is 0 Å². The first-order valence-electron chi connectivity index (χ1n) is 7.14. The van der Waals surface area contributed by atoms with Crippen LogP contribution in [-0.4, -0.2) is 52.5 Å². The normalized spacial score (nSPS) is 18.2. The fraction of sp³-hybridized carbons (Fsp3) is 0.533. The molecule has 2 heterocycles. The highest BCUT2D eigenvalue weighted by Gasteiger charge is 2.16. The van der Waals surface area contributed by atoms with E-state index in [0.29, 0.717) is 0 Å². The van der Waals surface area contributed by atoms with Gasteiger partial charge in [0.05, 0.1) is 17.6 Å². The Bertz CT molecular complexity index is 552. The number of nitrogens with one attached hydrogen (secondary N) is 1. The maximum Gasteiger partial charge on any atom is 0.121 e. The van der Waals surface area contributed by atoms with Crippen molar-refractivity contribution >= 4 is 11.0 Å². The molecule has 102 valence electrons. The van der Waals surface area contributed by atoms with E-state index in [1.165, 1.54) is 18.7 Å². The van der Waals surface area contributed by atoms with Crippen LogP contribution in [0.3, 0.4) is 0 Å². The minimum absolute atomic E-state index is 0.936. The van der Waals surface area contributed by atoms with Crippen molar-refractivity contribution in [3.63, 3.8) is 0 Å². The molecule has 1 aliphatic rings. The fourth-order valence-corrected chi connectivity index (χ4v) is 2.73. The molecule has 0 radical (unpaired) electrons. The van der Waals surface area contributed by atoms with Gasteiger partial charge in [0.2, 0.25) is 0 Å². The van der Waals surface area contributed by atoms with E-state index in [-0.39, 0.29) is 0 Å². The van der Waals surface area contributed by atoms with Crippen LogP contribution in [0.25, 0.3) is 11.0 Å². The molecule has 1 aromatic carbocycles. The maximum atomic E-state index is 4.68. The Hall–Kier alpha value is -1.39. The second kappa shape index (κ2) is 5.31. The van der Waals surface area contributed by atoms with Gasteiger partial charge in [-0.15, -0.1) is 0 Å². The summed E-state index contributed by atoms with van der Waals surface area (Å²) in [6.45, 7) is 11.1. The Labute approximate surface area is 114 Å². The highest BCUT2D eigenvalue weighted by atomic mass is 15.3. The van der Waals surface area contributed by atoms with Crippen LogP contribution in [0.4, 0.5) is 0 Å². The van der Waals surface area contributed by atoms with Gasteiger partial charge >= 0.3 is 0 Å². The Morgan fingerprint density at radius 1 is 1.16 bits per heavy atom. The Kier molecular flexibility index (Phi) is 3.53. The van der Waals surface area contributed by atoms with E-state index in [0.717, 1.165) is 43.0 Å². The molecule has 1 aromatic heterocycles. The first kappa shape index (κ1) is 12.6. The number of aromatic amines is 1. The summed E-state index contributed by atoms with van der Waals surface area (Å²) in [6, 6.07) is 6.38. The van der Waals surface area contributed by atoms with Crippen LogP contribution in [0.5, 0.6) is 0 Å². The van der Waals surface area contributed by atoms with Crippen molar-refractivity contribution in [2.75, 3.05) is 32.7 Å². The first-order chi connectivity index (χ1) is 9.24. The Balaban J connectivity index is 1.68. The number of likely N-dealkylation sites (N-methyl/N-ethyl adjacent to an activating group) is 1. The lowest BCUT2D eigenvalue weighted by Crippen LogP contribution is -2.45. The second-order valence-electron chi connectivity index (χ2n) is 5.41. The molecule has 0 amide bonds. The number of hydrogen-bond acceptors (Lipinski definition) is 3. The molecule has 1 fully saturated rings. The van der Waals surface area contributed by atoms with Gasteiger partial charge in [-0.25, -0.2) is 4.98 Å². The van der Waals surface area contributed by atoms with Gasteiger partial charge < -0.3 is 9.88 Å². The summed E-state index contributed by atoms with van der Waals surface area (Å²) in [4.78, 5) is 13.1. The number of hydrogen-bond donors (Lipinski definition) is 1. The van der Waals surface area contributed by atoms with Gasteiger partial charge in [-0.05, 0) is 31.2 Å². The average Bonchev–Trinajstić information content (AvgIpc) is 2.81. The number of benzene rings is 1. The zero-order chi connectivity index (χ0) is 13.2. The monoisotopic (exact) mass is 258 g/mol. The number of piperazine rings is 1. The van der Waals surface area contributed by atoms with Gasteiger partial charge in [-0.3, -0.25) is 4.90 Å². The molecule has 3 rings (SSSR count). The zero-order valence-corrected chi connectivity index (χ0v) is 11.8. The number of imidazole rings is 1. The predicted molar refractivity (Wildman–Crippen MR) is 78.2 cm³/mol. The summed E-state index contributed by atoms with van der Waals surface area (Å²) in [6.07, 6.45) is 0. The van der Waals surface area contributed by atoms with Gasteiger partial charge in [0, 0.05) is 26.2 Å². The molecule has 4 heteroatoms. The van der Waals surface area contributed by atoms with E-state index in [1.807, 2.05) is 0 Å². The molecule has 0 bridgehead atoms. The van der Waals surface area contributed by atoms with E-state index in [9.17, 15) is 0 Å². The molecule has 0 atom stereocenters. The van der Waals surface area contributed by atoms with Crippen LogP contribution in [0.2, 0.25) is 0 Å². The van der Waals surface area contributed by atoms with E-state index in [2.05, 4.69) is 51.8 Å². The predicted octanol–water partition coefficient (Wildman–Crippen LogP) is 2.01. The van der Waals surface area contributed by atoms with Gasteiger partial charge in [0.25, 0.3) is 0 Å². The molecule has 0 unspecified atom stereocenters. The second-order valence-corrected chi connectivity index (χ2v) is 5.41. The summed E-state index contributed by atoms with van der Waals surface area (Å²) in [5, 5.41) is 0. The number of rotatable bonds is 3. The fourth-order valence-electron chi connectivity index (χ4n) is 2.73. The summed E-state index contributed by atoms with van der Waals surface area (Å²) < 4.78 is 0. The van der Waals surface area contributed by atoms with Crippen LogP contribution in [0, 0.1) is 6.92 Å². The third-order valence-electron chi connectivity index (χ3n) is 3.97. The van der Waals surface area contributed by atoms with E-state index >= 15 is 0 Å².